The van der Waals surface area contributed by atoms with Crippen molar-refractivity contribution in [2.45, 2.75) is 32.2 Å². The minimum absolute atomic E-state index is 0.0774. The van der Waals surface area contributed by atoms with Gasteiger partial charge < -0.3 is 9.52 Å². The van der Waals surface area contributed by atoms with Gasteiger partial charge in [-0.1, -0.05) is 0 Å². The first-order chi connectivity index (χ1) is 11.0. The number of hydrogen-bond donors (Lipinski definition) is 1. The molecule has 3 rings (SSSR count). The predicted octanol–water partition coefficient (Wildman–Crippen LogP) is 3.19. The van der Waals surface area contributed by atoms with Crippen LogP contribution in [0.1, 0.15) is 42.4 Å². The molecular weight excluding hydrogens is 316 g/mol. The van der Waals surface area contributed by atoms with E-state index in [4.69, 9.17) is 9.52 Å². The number of thiophene rings is 1. The van der Waals surface area contributed by atoms with E-state index in [2.05, 4.69) is 5.10 Å². The second-order valence-electron chi connectivity index (χ2n) is 5.36. The Kier molecular flexibility index (Phi) is 4.29. The largest absolute Gasteiger partial charge is 0.481 e. The van der Waals surface area contributed by atoms with Crippen LogP contribution in [0.2, 0.25) is 0 Å². The van der Waals surface area contributed by atoms with Crippen LogP contribution in [-0.4, -0.2) is 27.7 Å². The Bertz CT molecular complexity index is 748. The molecule has 120 valence electrons. The molecule has 0 bridgehead atoms. The Morgan fingerprint density at radius 2 is 2.22 bits per heavy atom. The fourth-order valence-corrected chi connectivity index (χ4v) is 3.19. The summed E-state index contributed by atoms with van der Waals surface area (Å²) >= 11 is 1.57. The van der Waals surface area contributed by atoms with Crippen molar-refractivity contribution < 1.29 is 19.1 Å². The van der Waals surface area contributed by atoms with Gasteiger partial charge in [0.05, 0.1) is 12.1 Å². The number of carboxylic acid groups (broad SMARTS) is 1. The molecule has 0 saturated carbocycles. The Morgan fingerprint density at radius 3 is 2.83 bits per heavy atom. The van der Waals surface area contributed by atoms with Crippen molar-refractivity contribution >= 4 is 28.9 Å². The van der Waals surface area contributed by atoms with Gasteiger partial charge in [0.25, 0.3) is 0 Å². The number of aryl methyl sites for hydroxylation is 1. The summed E-state index contributed by atoms with van der Waals surface area (Å²) in [5.74, 6) is 0.128. The van der Waals surface area contributed by atoms with Crippen molar-refractivity contribution in [3.63, 3.8) is 0 Å². The predicted molar refractivity (Wildman–Crippen MR) is 85.4 cm³/mol. The third kappa shape index (κ3) is 3.34. The number of hydrogen-bond acceptors (Lipinski definition) is 5. The second-order valence-corrected chi connectivity index (χ2v) is 6.14. The van der Waals surface area contributed by atoms with E-state index in [1.165, 1.54) is 5.01 Å². The van der Waals surface area contributed by atoms with Gasteiger partial charge in [0.2, 0.25) is 5.91 Å². The Hall–Kier alpha value is -2.41. The quantitative estimate of drug-likeness (QED) is 0.911. The fraction of sp³-hybridized carbons (Fsp3) is 0.312. The summed E-state index contributed by atoms with van der Waals surface area (Å²) < 4.78 is 5.66. The molecule has 3 heterocycles. The lowest BCUT2D eigenvalue weighted by atomic mass is 10.0. The van der Waals surface area contributed by atoms with Gasteiger partial charge in [-0.2, -0.15) is 16.4 Å². The van der Waals surface area contributed by atoms with E-state index in [1.54, 1.807) is 11.3 Å². The minimum atomic E-state index is -0.995. The van der Waals surface area contributed by atoms with E-state index in [0.717, 1.165) is 17.0 Å². The van der Waals surface area contributed by atoms with Gasteiger partial charge in [-0.05, 0) is 35.9 Å². The smallest absolute Gasteiger partial charge is 0.303 e. The molecule has 0 spiro atoms. The molecule has 2 aromatic rings. The van der Waals surface area contributed by atoms with Crippen LogP contribution in [0.5, 0.6) is 0 Å². The zero-order valence-electron chi connectivity index (χ0n) is 12.6. The van der Waals surface area contributed by atoms with E-state index in [-0.39, 0.29) is 24.8 Å². The molecule has 0 fully saturated rings. The van der Waals surface area contributed by atoms with E-state index in [0.29, 0.717) is 12.2 Å². The summed E-state index contributed by atoms with van der Waals surface area (Å²) in [6.07, 6.45) is 0.275. The molecule has 1 aliphatic rings. The first-order valence-corrected chi connectivity index (χ1v) is 8.19. The van der Waals surface area contributed by atoms with Crippen LogP contribution in [0.4, 0.5) is 0 Å². The van der Waals surface area contributed by atoms with E-state index < -0.39 is 5.97 Å². The Labute approximate surface area is 137 Å². The van der Waals surface area contributed by atoms with Gasteiger partial charge >= 0.3 is 5.97 Å². The number of hydrazone groups is 1. The Balaban J connectivity index is 1.86. The highest BCUT2D eigenvalue weighted by atomic mass is 32.1. The minimum Gasteiger partial charge on any atom is -0.481 e. The lowest BCUT2D eigenvalue weighted by molar-refractivity contribution is -0.141. The van der Waals surface area contributed by atoms with Crippen molar-refractivity contribution in [1.29, 1.82) is 0 Å². The third-order valence-electron chi connectivity index (χ3n) is 3.66. The molecule has 0 aromatic carbocycles. The molecule has 6 nitrogen and oxygen atoms in total. The van der Waals surface area contributed by atoms with Crippen molar-refractivity contribution in [3.8, 4) is 0 Å². The van der Waals surface area contributed by atoms with Crippen LogP contribution in [0.25, 0.3) is 0 Å². The molecule has 7 heteroatoms. The summed E-state index contributed by atoms with van der Waals surface area (Å²) in [4.78, 5) is 23.1. The molecule has 1 aliphatic heterocycles. The number of aliphatic carboxylic acids is 1. The third-order valence-corrected chi connectivity index (χ3v) is 4.35. The van der Waals surface area contributed by atoms with Crippen LogP contribution in [0, 0.1) is 6.92 Å². The van der Waals surface area contributed by atoms with E-state index in [1.807, 2.05) is 35.9 Å². The van der Waals surface area contributed by atoms with Crippen LogP contribution >= 0.6 is 11.3 Å². The molecule has 1 amide bonds. The molecule has 1 atom stereocenters. The monoisotopic (exact) mass is 332 g/mol. The molecule has 0 saturated heterocycles. The number of furan rings is 1. The molecule has 0 unspecified atom stereocenters. The molecule has 0 radical (unpaired) electrons. The number of rotatable bonds is 5. The van der Waals surface area contributed by atoms with Crippen LogP contribution < -0.4 is 0 Å². The first kappa shape index (κ1) is 15.5. The van der Waals surface area contributed by atoms with Gasteiger partial charge in [0.1, 0.15) is 17.6 Å². The van der Waals surface area contributed by atoms with Crippen molar-refractivity contribution in [3.05, 3.63) is 46.0 Å². The number of amides is 1. The van der Waals surface area contributed by atoms with Crippen LogP contribution in [0.3, 0.4) is 0 Å². The van der Waals surface area contributed by atoms with Crippen molar-refractivity contribution in [2.75, 3.05) is 0 Å². The lowest BCUT2D eigenvalue weighted by Gasteiger charge is -2.19. The zero-order valence-corrected chi connectivity index (χ0v) is 13.4. The van der Waals surface area contributed by atoms with Crippen molar-refractivity contribution in [2.24, 2.45) is 5.10 Å². The molecule has 2 aromatic heterocycles. The SMILES string of the molecule is Cc1ccc([C@H]2CC(c3ccsc3)=NN2C(=O)CCC(=O)O)o1. The van der Waals surface area contributed by atoms with Crippen LogP contribution in [-0.2, 0) is 9.59 Å². The van der Waals surface area contributed by atoms with Gasteiger partial charge in [0, 0.05) is 18.4 Å². The number of carbonyl (C=O) groups is 2. The standard InChI is InChI=1S/C16H16N2O4S/c1-10-2-3-14(22-10)13-8-12(11-6-7-23-9-11)17-18(13)15(19)4-5-16(20)21/h2-3,6-7,9,13H,4-5,8H2,1H3,(H,20,21)/t13-/m1/s1. The van der Waals surface area contributed by atoms with Gasteiger partial charge in [-0.3, -0.25) is 9.59 Å². The highest BCUT2D eigenvalue weighted by molar-refractivity contribution is 7.08. The number of carbonyl (C=O) groups excluding carboxylic acids is 1. The molecule has 0 aliphatic carbocycles. The number of nitrogens with zero attached hydrogens (tertiary/aromatic N) is 2. The van der Waals surface area contributed by atoms with Crippen molar-refractivity contribution in [1.82, 2.24) is 5.01 Å². The maximum Gasteiger partial charge on any atom is 0.303 e. The zero-order chi connectivity index (χ0) is 16.4. The molecular formula is C16H16N2O4S. The van der Waals surface area contributed by atoms with E-state index in [9.17, 15) is 9.59 Å². The maximum absolute atomic E-state index is 12.4. The van der Waals surface area contributed by atoms with Gasteiger partial charge in [0.15, 0.2) is 0 Å². The van der Waals surface area contributed by atoms with Crippen LogP contribution in [0.15, 0.2) is 38.5 Å². The normalized spacial score (nSPS) is 17.3. The summed E-state index contributed by atoms with van der Waals surface area (Å²) in [5.41, 5.74) is 1.80. The summed E-state index contributed by atoms with van der Waals surface area (Å²) in [6, 6.07) is 5.32. The van der Waals surface area contributed by atoms with Gasteiger partial charge in [-0.25, -0.2) is 5.01 Å². The lowest BCUT2D eigenvalue weighted by Crippen LogP contribution is -2.27. The second kappa shape index (κ2) is 6.37. The maximum atomic E-state index is 12.4. The topological polar surface area (TPSA) is 83.1 Å². The Morgan fingerprint density at radius 1 is 1.39 bits per heavy atom. The highest BCUT2D eigenvalue weighted by Crippen LogP contribution is 2.34. The summed E-state index contributed by atoms with van der Waals surface area (Å²) in [7, 11) is 0. The molecule has 1 N–H and O–H groups in total. The molecule has 23 heavy (non-hydrogen) atoms. The van der Waals surface area contributed by atoms with E-state index >= 15 is 0 Å². The summed E-state index contributed by atoms with van der Waals surface area (Å²) in [6.45, 7) is 1.84. The van der Waals surface area contributed by atoms with Gasteiger partial charge in [-0.15, -0.1) is 0 Å². The summed E-state index contributed by atoms with van der Waals surface area (Å²) in [5, 5.41) is 18.5. The first-order valence-electron chi connectivity index (χ1n) is 7.25. The number of carboxylic acids is 1. The highest BCUT2D eigenvalue weighted by Gasteiger charge is 2.35. The average Bonchev–Trinajstić information content (AvgIpc) is 3.23. The fourth-order valence-electron chi connectivity index (χ4n) is 2.53. The average molecular weight is 332 g/mol.